The highest BCUT2D eigenvalue weighted by Crippen LogP contribution is 2.89. The van der Waals surface area contributed by atoms with Crippen molar-refractivity contribution in [1.29, 1.82) is 0 Å². The molecule has 5 aliphatic carbocycles. The molecule has 0 radical (unpaired) electrons. The van der Waals surface area contributed by atoms with Crippen molar-refractivity contribution in [3.05, 3.63) is 0 Å². The first-order valence-electron chi connectivity index (χ1n) is 14.3. The molecule has 0 aromatic rings. The van der Waals surface area contributed by atoms with Gasteiger partial charge >= 0.3 is 0 Å². The average Bonchev–Trinajstić information content (AvgIpc) is 3.56. The lowest BCUT2D eigenvalue weighted by Crippen LogP contribution is -2.58. The van der Waals surface area contributed by atoms with E-state index >= 15 is 0 Å². The minimum Gasteiger partial charge on any atom is -0.363 e. The SMILES string of the molecule is CC1CC(O)(C2OC2(C)C)OC2CC3(C)C4CCC5C(C)(C)C(=O)CCC56CC46CCC3(C)C12. The van der Waals surface area contributed by atoms with Gasteiger partial charge in [-0.2, -0.15) is 0 Å². The summed E-state index contributed by atoms with van der Waals surface area (Å²) in [5.74, 6) is 1.60. The monoisotopic (exact) mass is 470 g/mol. The van der Waals surface area contributed by atoms with Gasteiger partial charge < -0.3 is 14.6 Å². The number of hydrogen-bond acceptors (Lipinski definition) is 4. The molecule has 4 heteroatoms. The number of hydrogen-bond donors (Lipinski definition) is 1. The van der Waals surface area contributed by atoms with Gasteiger partial charge in [-0.15, -0.1) is 0 Å². The third-order valence-corrected chi connectivity index (χ3v) is 13.9. The highest BCUT2D eigenvalue weighted by molar-refractivity contribution is 5.86. The van der Waals surface area contributed by atoms with Crippen molar-refractivity contribution < 1.29 is 19.4 Å². The Hall–Kier alpha value is -0.450. The Morgan fingerprint density at radius 2 is 1.50 bits per heavy atom. The fourth-order valence-corrected chi connectivity index (χ4v) is 12.3. The molecular weight excluding hydrogens is 424 g/mol. The van der Waals surface area contributed by atoms with E-state index in [4.69, 9.17) is 9.47 Å². The van der Waals surface area contributed by atoms with Crippen LogP contribution < -0.4 is 0 Å². The van der Waals surface area contributed by atoms with E-state index < -0.39 is 5.79 Å². The Bertz CT molecular complexity index is 971. The summed E-state index contributed by atoms with van der Waals surface area (Å²) in [4.78, 5) is 12.9. The van der Waals surface area contributed by atoms with E-state index in [2.05, 4.69) is 48.5 Å². The van der Waals surface area contributed by atoms with Crippen molar-refractivity contribution in [2.24, 2.45) is 50.7 Å². The number of carbonyl (C=O) groups is 1. The molecule has 190 valence electrons. The summed E-state index contributed by atoms with van der Waals surface area (Å²) in [5, 5.41) is 11.6. The predicted molar refractivity (Wildman–Crippen MR) is 130 cm³/mol. The van der Waals surface area contributed by atoms with E-state index in [1.807, 2.05) is 0 Å². The van der Waals surface area contributed by atoms with Crippen LogP contribution in [0.1, 0.15) is 106 Å². The summed E-state index contributed by atoms with van der Waals surface area (Å²) in [6.45, 7) is 16.2. The molecule has 2 aliphatic heterocycles. The van der Waals surface area contributed by atoms with Gasteiger partial charge in [0.15, 0.2) is 5.79 Å². The predicted octanol–water partition coefficient (Wildman–Crippen LogP) is 5.90. The summed E-state index contributed by atoms with van der Waals surface area (Å²) in [5.41, 5.74) is 0.907. The minimum atomic E-state index is -1.14. The minimum absolute atomic E-state index is 0.121. The first kappa shape index (κ1) is 22.7. The number of aliphatic hydroxyl groups is 1. The Morgan fingerprint density at radius 1 is 0.853 bits per heavy atom. The van der Waals surface area contributed by atoms with Crippen LogP contribution in [0, 0.1) is 50.7 Å². The number of Topliss-reactive ketones (excluding diaryl/α,β-unsaturated/α-hetero) is 1. The lowest BCUT2D eigenvalue weighted by molar-refractivity contribution is -0.289. The molecule has 34 heavy (non-hydrogen) atoms. The van der Waals surface area contributed by atoms with Crippen molar-refractivity contribution in [1.82, 2.24) is 0 Å². The van der Waals surface area contributed by atoms with Gasteiger partial charge in [0.2, 0.25) is 0 Å². The van der Waals surface area contributed by atoms with E-state index in [1.54, 1.807) is 0 Å². The third kappa shape index (κ3) is 2.28. The van der Waals surface area contributed by atoms with Gasteiger partial charge in [-0.1, -0.05) is 34.6 Å². The second-order valence-electron chi connectivity index (χ2n) is 15.7. The Kier molecular flexibility index (Phi) is 4.00. The summed E-state index contributed by atoms with van der Waals surface area (Å²) < 4.78 is 12.6. The van der Waals surface area contributed by atoms with Crippen molar-refractivity contribution in [3.63, 3.8) is 0 Å². The lowest BCUT2D eigenvalue weighted by atomic mass is 9.42. The van der Waals surface area contributed by atoms with E-state index in [9.17, 15) is 9.90 Å². The van der Waals surface area contributed by atoms with Gasteiger partial charge in [-0.25, -0.2) is 0 Å². The van der Waals surface area contributed by atoms with Crippen LogP contribution in [0.4, 0.5) is 0 Å². The molecule has 5 saturated carbocycles. The van der Waals surface area contributed by atoms with E-state index in [-0.39, 0.29) is 34.1 Å². The highest BCUT2D eigenvalue weighted by atomic mass is 16.7. The third-order valence-electron chi connectivity index (χ3n) is 13.9. The number of epoxide rings is 1. The van der Waals surface area contributed by atoms with Crippen LogP contribution in [0.15, 0.2) is 0 Å². The molecule has 7 fully saturated rings. The van der Waals surface area contributed by atoms with Crippen LogP contribution >= 0.6 is 0 Å². The second kappa shape index (κ2) is 5.99. The summed E-state index contributed by atoms with van der Waals surface area (Å²) in [6, 6.07) is 0. The standard InChI is InChI=1S/C30H46O4/c1-17-14-30(32,23-25(4,5)34-23)33-18-15-27(7)20-9-8-19-24(2,3)21(31)10-11-28(19)16-29(20,28)13-12-26(27,6)22(17)18/h17-20,22-23,32H,8-16H2,1-7H3. The first-order valence-corrected chi connectivity index (χ1v) is 14.3. The van der Waals surface area contributed by atoms with Gasteiger partial charge in [-0.3, -0.25) is 4.79 Å². The molecule has 4 nitrogen and oxygen atoms in total. The number of ether oxygens (including phenoxy) is 2. The van der Waals surface area contributed by atoms with Gasteiger partial charge in [-0.05, 0) is 104 Å². The molecular formula is C30H46O4. The average molecular weight is 471 g/mol. The van der Waals surface area contributed by atoms with Gasteiger partial charge in [0.05, 0.1) is 11.7 Å². The van der Waals surface area contributed by atoms with Crippen molar-refractivity contribution in [2.45, 2.75) is 130 Å². The normalized spacial score (nSPS) is 62.5. The van der Waals surface area contributed by atoms with Crippen LogP contribution in [-0.2, 0) is 14.3 Å². The van der Waals surface area contributed by atoms with Crippen molar-refractivity contribution in [3.8, 4) is 0 Å². The fourth-order valence-electron chi connectivity index (χ4n) is 12.3. The summed E-state index contributed by atoms with van der Waals surface area (Å²) in [6.07, 6.45) is 10.1. The maximum Gasteiger partial charge on any atom is 0.195 e. The second-order valence-corrected chi connectivity index (χ2v) is 15.7. The zero-order valence-corrected chi connectivity index (χ0v) is 22.5. The van der Waals surface area contributed by atoms with Gasteiger partial charge in [0, 0.05) is 18.3 Å². The molecule has 0 aromatic heterocycles. The molecule has 1 N–H and O–H groups in total. The zero-order chi connectivity index (χ0) is 24.3. The molecule has 11 unspecified atom stereocenters. The van der Waals surface area contributed by atoms with Crippen LogP contribution in [0.5, 0.6) is 0 Å². The number of carbonyl (C=O) groups excluding carboxylic acids is 1. The Balaban J connectivity index is 1.24. The lowest BCUT2D eigenvalue weighted by Gasteiger charge is -2.62. The van der Waals surface area contributed by atoms with Crippen LogP contribution in [0.2, 0.25) is 0 Å². The van der Waals surface area contributed by atoms with Crippen LogP contribution in [0.3, 0.4) is 0 Å². The maximum atomic E-state index is 12.9. The van der Waals surface area contributed by atoms with Crippen molar-refractivity contribution in [2.75, 3.05) is 0 Å². The van der Waals surface area contributed by atoms with E-state index in [1.165, 1.54) is 32.1 Å². The quantitative estimate of drug-likeness (QED) is 0.485. The number of rotatable bonds is 1. The van der Waals surface area contributed by atoms with Crippen LogP contribution in [0.25, 0.3) is 0 Å². The number of fused-ring (bicyclic) bond motifs is 4. The van der Waals surface area contributed by atoms with Crippen molar-refractivity contribution >= 4 is 5.78 Å². The summed E-state index contributed by atoms with van der Waals surface area (Å²) in [7, 11) is 0. The largest absolute Gasteiger partial charge is 0.363 e. The fraction of sp³-hybridized carbons (Fsp3) is 0.967. The molecule has 2 spiro atoms. The molecule has 7 aliphatic rings. The molecule has 2 saturated heterocycles. The molecule has 0 bridgehead atoms. The van der Waals surface area contributed by atoms with Gasteiger partial charge in [0.1, 0.15) is 11.9 Å². The molecule has 7 rings (SSSR count). The highest BCUT2D eigenvalue weighted by Gasteiger charge is 2.83. The molecule has 0 aromatic carbocycles. The summed E-state index contributed by atoms with van der Waals surface area (Å²) >= 11 is 0. The zero-order valence-electron chi connectivity index (χ0n) is 22.5. The topological polar surface area (TPSA) is 59.1 Å². The maximum absolute atomic E-state index is 12.9. The first-order chi connectivity index (χ1) is 15.7. The Labute approximate surface area is 205 Å². The molecule has 2 heterocycles. The van der Waals surface area contributed by atoms with E-state index in [0.29, 0.717) is 40.8 Å². The van der Waals surface area contributed by atoms with Crippen LogP contribution in [-0.4, -0.2) is 34.5 Å². The smallest absolute Gasteiger partial charge is 0.195 e. The molecule has 11 atom stereocenters. The molecule has 0 amide bonds. The van der Waals surface area contributed by atoms with Gasteiger partial charge in [0.25, 0.3) is 0 Å². The number of ketones is 1. The van der Waals surface area contributed by atoms with E-state index in [0.717, 1.165) is 25.2 Å². The Morgan fingerprint density at radius 3 is 2.18 bits per heavy atom.